The summed E-state index contributed by atoms with van der Waals surface area (Å²) in [5, 5.41) is 12.4. The first kappa shape index (κ1) is 17.1. The molecule has 1 aliphatic heterocycles. The molecule has 0 radical (unpaired) electrons. The first-order valence-electron chi connectivity index (χ1n) is 8.22. The first-order valence-corrected chi connectivity index (χ1v) is 9.04. The number of anilines is 2. The molecule has 0 aliphatic carbocycles. The van der Waals surface area contributed by atoms with E-state index in [4.69, 9.17) is 15.3 Å². The zero-order valence-electron chi connectivity index (χ0n) is 14.1. The van der Waals surface area contributed by atoms with Crippen molar-refractivity contribution in [2.24, 2.45) is 0 Å². The molecule has 0 atom stereocenters. The van der Waals surface area contributed by atoms with Gasteiger partial charge in [-0.05, 0) is 12.0 Å². The highest BCUT2D eigenvalue weighted by atomic mass is 32.1. The van der Waals surface area contributed by atoms with Crippen LogP contribution in [0.25, 0.3) is 11.3 Å². The third kappa shape index (κ3) is 3.13. The zero-order valence-corrected chi connectivity index (χ0v) is 15.0. The van der Waals surface area contributed by atoms with Crippen molar-refractivity contribution >= 4 is 34.0 Å². The Kier molecular flexibility index (Phi) is 4.28. The predicted molar refractivity (Wildman–Crippen MR) is 101 cm³/mol. The average molecular weight is 384 g/mol. The SMILES string of the molecule is Nc1c(NC(=O)c2ncoc2-c2ccccc2)sc2c1CCN(C(=O)O)C2. The Bertz CT molecular complexity index is 1010. The lowest BCUT2D eigenvalue weighted by Crippen LogP contribution is -2.34. The van der Waals surface area contributed by atoms with Gasteiger partial charge in [-0.15, -0.1) is 11.3 Å². The minimum Gasteiger partial charge on any atom is -0.465 e. The number of hydrogen-bond acceptors (Lipinski definition) is 6. The Labute approximate surface area is 158 Å². The van der Waals surface area contributed by atoms with E-state index in [1.54, 1.807) is 0 Å². The van der Waals surface area contributed by atoms with Crippen molar-refractivity contribution in [3.05, 3.63) is 52.9 Å². The lowest BCUT2D eigenvalue weighted by Gasteiger charge is -2.23. The zero-order chi connectivity index (χ0) is 19.0. The highest BCUT2D eigenvalue weighted by Gasteiger charge is 2.27. The number of oxazole rings is 1. The average Bonchev–Trinajstić information content (AvgIpc) is 3.28. The summed E-state index contributed by atoms with van der Waals surface area (Å²) >= 11 is 1.29. The normalized spacial score (nSPS) is 13.3. The number of carbonyl (C=O) groups excluding carboxylic acids is 1. The molecule has 3 heterocycles. The Morgan fingerprint density at radius 1 is 1.30 bits per heavy atom. The predicted octanol–water partition coefficient (Wildman–Crippen LogP) is 3.27. The fourth-order valence-corrected chi connectivity index (χ4v) is 4.23. The van der Waals surface area contributed by atoms with Crippen LogP contribution in [0.2, 0.25) is 0 Å². The van der Waals surface area contributed by atoms with Crippen molar-refractivity contribution < 1.29 is 19.1 Å². The van der Waals surface area contributed by atoms with Crippen molar-refractivity contribution in [1.82, 2.24) is 9.88 Å². The van der Waals surface area contributed by atoms with Gasteiger partial charge in [0.1, 0.15) is 5.00 Å². The number of nitrogens with zero attached hydrogens (tertiary/aromatic N) is 2. The highest BCUT2D eigenvalue weighted by Crippen LogP contribution is 2.39. The Hall–Kier alpha value is -3.33. The van der Waals surface area contributed by atoms with Crippen molar-refractivity contribution in [3.8, 4) is 11.3 Å². The van der Waals surface area contributed by atoms with Crippen LogP contribution in [0.5, 0.6) is 0 Å². The molecule has 4 N–H and O–H groups in total. The molecule has 1 aromatic carbocycles. The molecule has 3 aromatic rings. The molecule has 0 saturated heterocycles. The topological polar surface area (TPSA) is 122 Å². The smallest absolute Gasteiger partial charge is 0.407 e. The molecule has 0 fully saturated rings. The van der Waals surface area contributed by atoms with Crippen LogP contribution in [0.1, 0.15) is 20.9 Å². The standard InChI is InChI=1S/C18H16N4O4S/c19-13-11-6-7-22(18(24)25)8-12(11)27-17(13)21-16(23)14-15(26-9-20-14)10-4-2-1-3-5-10/h1-5,9H,6-8,19H2,(H,21,23)(H,24,25). The third-order valence-electron chi connectivity index (χ3n) is 4.41. The summed E-state index contributed by atoms with van der Waals surface area (Å²) in [6.07, 6.45) is 0.789. The van der Waals surface area contributed by atoms with Gasteiger partial charge in [0.05, 0.1) is 12.2 Å². The van der Waals surface area contributed by atoms with Crippen LogP contribution in [-0.2, 0) is 13.0 Å². The van der Waals surface area contributed by atoms with E-state index in [0.717, 1.165) is 16.0 Å². The minimum atomic E-state index is -0.965. The fourth-order valence-electron chi connectivity index (χ4n) is 3.05. The number of nitrogens with two attached hydrogens (primary N) is 1. The van der Waals surface area contributed by atoms with E-state index >= 15 is 0 Å². The maximum absolute atomic E-state index is 12.7. The maximum Gasteiger partial charge on any atom is 0.407 e. The molecule has 1 aliphatic rings. The van der Waals surface area contributed by atoms with Crippen molar-refractivity contribution in [1.29, 1.82) is 0 Å². The van der Waals surface area contributed by atoms with Gasteiger partial charge < -0.3 is 25.5 Å². The molecule has 0 saturated carbocycles. The van der Waals surface area contributed by atoms with Crippen molar-refractivity contribution in [2.45, 2.75) is 13.0 Å². The van der Waals surface area contributed by atoms with E-state index in [1.165, 1.54) is 22.6 Å². The van der Waals surface area contributed by atoms with E-state index in [-0.39, 0.29) is 12.2 Å². The summed E-state index contributed by atoms with van der Waals surface area (Å²) < 4.78 is 5.39. The molecule has 8 nitrogen and oxygen atoms in total. The molecule has 9 heteroatoms. The first-order chi connectivity index (χ1) is 13.0. The maximum atomic E-state index is 12.7. The van der Waals surface area contributed by atoms with Gasteiger partial charge in [-0.2, -0.15) is 0 Å². The molecule has 0 bridgehead atoms. The molecule has 0 unspecified atom stereocenters. The van der Waals surface area contributed by atoms with Gasteiger partial charge in [0.2, 0.25) is 0 Å². The number of amides is 2. The molecule has 2 amide bonds. The van der Waals surface area contributed by atoms with Gasteiger partial charge >= 0.3 is 6.09 Å². The summed E-state index contributed by atoms with van der Waals surface area (Å²) in [5.41, 5.74) is 8.48. The van der Waals surface area contributed by atoms with Gasteiger partial charge in [-0.3, -0.25) is 4.79 Å². The third-order valence-corrected chi connectivity index (χ3v) is 5.56. The lowest BCUT2D eigenvalue weighted by atomic mass is 10.1. The van der Waals surface area contributed by atoms with Crippen molar-refractivity contribution in [2.75, 3.05) is 17.6 Å². The van der Waals surface area contributed by atoms with E-state index in [1.807, 2.05) is 30.3 Å². The van der Waals surface area contributed by atoms with Gasteiger partial charge in [0, 0.05) is 17.0 Å². The summed E-state index contributed by atoms with van der Waals surface area (Å²) in [5.74, 6) is -0.0481. The van der Waals surface area contributed by atoms with Gasteiger partial charge in [-0.1, -0.05) is 30.3 Å². The van der Waals surface area contributed by atoms with Crippen LogP contribution >= 0.6 is 11.3 Å². The van der Waals surface area contributed by atoms with Gasteiger partial charge in [-0.25, -0.2) is 9.78 Å². The monoisotopic (exact) mass is 384 g/mol. The number of carbonyl (C=O) groups is 2. The lowest BCUT2D eigenvalue weighted by molar-refractivity contribution is 0.102. The fraction of sp³-hybridized carbons (Fsp3) is 0.167. The van der Waals surface area contributed by atoms with Gasteiger partial charge in [0.25, 0.3) is 5.91 Å². The summed E-state index contributed by atoms with van der Waals surface area (Å²) in [4.78, 5) is 30.1. The molecule has 138 valence electrons. The van der Waals surface area contributed by atoms with Crippen LogP contribution in [0.4, 0.5) is 15.5 Å². The molecule has 27 heavy (non-hydrogen) atoms. The molecule has 0 spiro atoms. The number of hydrogen-bond donors (Lipinski definition) is 3. The van der Waals surface area contributed by atoms with Crippen LogP contribution in [0.3, 0.4) is 0 Å². The minimum absolute atomic E-state index is 0.166. The molecule has 2 aromatic heterocycles. The number of nitrogens with one attached hydrogen (secondary N) is 1. The Morgan fingerprint density at radius 3 is 2.81 bits per heavy atom. The van der Waals surface area contributed by atoms with Crippen LogP contribution in [0, 0.1) is 0 Å². The molecular weight excluding hydrogens is 368 g/mol. The highest BCUT2D eigenvalue weighted by molar-refractivity contribution is 7.17. The summed E-state index contributed by atoms with van der Waals surface area (Å²) in [6, 6.07) is 9.22. The molecule has 4 rings (SSSR count). The van der Waals surface area contributed by atoms with E-state index in [0.29, 0.717) is 29.4 Å². The summed E-state index contributed by atoms with van der Waals surface area (Å²) in [7, 11) is 0. The van der Waals surface area contributed by atoms with Crippen LogP contribution < -0.4 is 11.1 Å². The number of fused-ring (bicyclic) bond motifs is 1. The second-order valence-electron chi connectivity index (χ2n) is 6.05. The Morgan fingerprint density at radius 2 is 2.07 bits per heavy atom. The van der Waals surface area contributed by atoms with Crippen molar-refractivity contribution in [3.63, 3.8) is 0 Å². The number of rotatable bonds is 3. The largest absolute Gasteiger partial charge is 0.465 e. The number of benzene rings is 1. The van der Waals surface area contributed by atoms with E-state index < -0.39 is 12.0 Å². The quantitative estimate of drug-likeness (QED) is 0.637. The van der Waals surface area contributed by atoms with Crippen LogP contribution in [-0.4, -0.2) is 33.5 Å². The second-order valence-corrected chi connectivity index (χ2v) is 7.16. The number of nitrogen functional groups attached to an aromatic ring is 1. The second kappa shape index (κ2) is 6.76. The van der Waals surface area contributed by atoms with Crippen LogP contribution in [0.15, 0.2) is 41.1 Å². The van der Waals surface area contributed by atoms with Gasteiger partial charge in [0.15, 0.2) is 17.8 Å². The Balaban J connectivity index is 1.59. The van der Waals surface area contributed by atoms with E-state index in [9.17, 15) is 9.59 Å². The number of thiophene rings is 1. The molecular formula is C18H16N4O4S. The number of carboxylic acid groups (broad SMARTS) is 1. The summed E-state index contributed by atoms with van der Waals surface area (Å²) in [6.45, 7) is 0.659. The number of aromatic nitrogens is 1. The van der Waals surface area contributed by atoms with E-state index in [2.05, 4.69) is 10.3 Å².